The topological polar surface area (TPSA) is 68.0 Å². The molecular formula is C7H10ClN3O. The average molecular weight is 188 g/mol. The van der Waals surface area contributed by atoms with Crippen molar-refractivity contribution in [3.05, 3.63) is 24.4 Å². The van der Waals surface area contributed by atoms with Crippen LogP contribution in [0, 0.1) is 0 Å². The number of nitrogens with one attached hydrogen (secondary N) is 1. The Morgan fingerprint density at radius 3 is 2.83 bits per heavy atom. The van der Waals surface area contributed by atoms with Crippen molar-refractivity contribution in [1.82, 2.24) is 4.98 Å². The van der Waals surface area contributed by atoms with E-state index < -0.39 is 0 Å². The second kappa shape index (κ2) is 5.51. The Balaban J connectivity index is 0.00000121. The van der Waals surface area contributed by atoms with Gasteiger partial charge in [0.2, 0.25) is 5.91 Å². The van der Waals surface area contributed by atoms with Crippen molar-refractivity contribution in [2.24, 2.45) is 5.73 Å². The number of pyridine rings is 1. The Morgan fingerprint density at radius 1 is 1.58 bits per heavy atom. The summed E-state index contributed by atoms with van der Waals surface area (Å²) in [6.07, 6.45) is 1.60. The number of hydrogen-bond donors (Lipinski definition) is 2. The number of nitrogens with two attached hydrogens (primary N) is 1. The molecule has 0 unspecified atom stereocenters. The van der Waals surface area contributed by atoms with Gasteiger partial charge in [0.1, 0.15) is 5.82 Å². The number of anilines is 1. The number of amides is 1. The number of aromatic nitrogens is 1. The van der Waals surface area contributed by atoms with Gasteiger partial charge < -0.3 is 11.1 Å². The number of carbonyl (C=O) groups excluding carboxylic acids is 1. The molecule has 1 amide bonds. The van der Waals surface area contributed by atoms with Crippen LogP contribution in [0.3, 0.4) is 0 Å². The summed E-state index contributed by atoms with van der Waals surface area (Å²) in [5.74, 6) is 0.298. The van der Waals surface area contributed by atoms with Gasteiger partial charge in [-0.1, -0.05) is 6.07 Å². The summed E-state index contributed by atoms with van der Waals surface area (Å²) >= 11 is 0. The van der Waals surface area contributed by atoms with E-state index >= 15 is 0 Å². The van der Waals surface area contributed by atoms with E-state index in [1.165, 1.54) is 0 Å². The molecule has 0 atom stereocenters. The minimum Gasteiger partial charge on any atom is -0.322 e. The zero-order valence-corrected chi connectivity index (χ0v) is 7.17. The van der Waals surface area contributed by atoms with Crippen molar-refractivity contribution >= 4 is 24.1 Å². The lowest BCUT2D eigenvalue weighted by atomic mass is 10.4. The van der Waals surface area contributed by atoms with Gasteiger partial charge in [0.05, 0.1) is 6.54 Å². The molecule has 4 nitrogen and oxygen atoms in total. The molecule has 0 bridgehead atoms. The molecule has 0 aliphatic carbocycles. The van der Waals surface area contributed by atoms with E-state index in [2.05, 4.69) is 10.3 Å². The Kier molecular flexibility index (Phi) is 4.99. The quantitative estimate of drug-likeness (QED) is 0.705. The summed E-state index contributed by atoms with van der Waals surface area (Å²) in [6.45, 7) is -0.0173. The van der Waals surface area contributed by atoms with Crippen LogP contribution in [0.4, 0.5) is 5.82 Å². The smallest absolute Gasteiger partial charge is 0.239 e. The van der Waals surface area contributed by atoms with Crippen molar-refractivity contribution in [3.63, 3.8) is 0 Å². The molecule has 0 radical (unpaired) electrons. The normalized spacial score (nSPS) is 8.42. The first-order valence-corrected chi connectivity index (χ1v) is 3.24. The highest BCUT2D eigenvalue weighted by Crippen LogP contribution is 1.97. The minimum atomic E-state index is -0.233. The molecule has 1 aromatic heterocycles. The van der Waals surface area contributed by atoms with Crippen LogP contribution >= 0.6 is 12.4 Å². The summed E-state index contributed by atoms with van der Waals surface area (Å²) in [5.41, 5.74) is 5.08. The molecule has 0 aromatic carbocycles. The Hall–Kier alpha value is -1.13. The molecule has 0 aliphatic heterocycles. The van der Waals surface area contributed by atoms with Crippen LogP contribution in [-0.2, 0) is 4.79 Å². The predicted octanol–water partition coefficient (Wildman–Crippen LogP) is 0.401. The number of hydrogen-bond acceptors (Lipinski definition) is 3. The van der Waals surface area contributed by atoms with Gasteiger partial charge in [-0.2, -0.15) is 0 Å². The van der Waals surface area contributed by atoms with Gasteiger partial charge in [-0.05, 0) is 12.1 Å². The maximum absolute atomic E-state index is 10.7. The van der Waals surface area contributed by atoms with Crippen LogP contribution in [0.1, 0.15) is 0 Å². The van der Waals surface area contributed by atoms with Crippen LogP contribution < -0.4 is 11.1 Å². The molecule has 0 fully saturated rings. The highest BCUT2D eigenvalue weighted by atomic mass is 35.5. The van der Waals surface area contributed by atoms with E-state index in [0.717, 1.165) is 0 Å². The molecule has 0 spiro atoms. The Bertz CT molecular complexity index is 240. The Labute approximate surface area is 76.6 Å². The second-order valence-electron chi connectivity index (χ2n) is 1.97. The zero-order valence-electron chi connectivity index (χ0n) is 6.36. The Morgan fingerprint density at radius 2 is 2.33 bits per heavy atom. The van der Waals surface area contributed by atoms with E-state index in [1.54, 1.807) is 24.4 Å². The van der Waals surface area contributed by atoms with Gasteiger partial charge in [0, 0.05) is 6.20 Å². The molecule has 12 heavy (non-hydrogen) atoms. The summed E-state index contributed by atoms with van der Waals surface area (Å²) in [6, 6.07) is 5.27. The highest BCUT2D eigenvalue weighted by molar-refractivity contribution is 5.91. The maximum atomic E-state index is 10.7. The van der Waals surface area contributed by atoms with E-state index in [1.807, 2.05) is 0 Å². The van der Waals surface area contributed by atoms with E-state index in [0.29, 0.717) is 5.82 Å². The third-order valence-corrected chi connectivity index (χ3v) is 1.12. The first-order valence-electron chi connectivity index (χ1n) is 3.24. The molecule has 66 valence electrons. The monoisotopic (exact) mass is 187 g/mol. The van der Waals surface area contributed by atoms with Crippen LogP contribution in [0.15, 0.2) is 24.4 Å². The zero-order chi connectivity index (χ0) is 8.10. The number of nitrogens with zero attached hydrogens (tertiary/aromatic N) is 1. The lowest BCUT2D eigenvalue weighted by Gasteiger charge is -1.99. The number of halogens is 1. The largest absolute Gasteiger partial charge is 0.322 e. The van der Waals surface area contributed by atoms with E-state index in [-0.39, 0.29) is 24.9 Å². The summed E-state index contributed by atoms with van der Waals surface area (Å²) < 4.78 is 0. The first-order chi connectivity index (χ1) is 5.33. The fourth-order valence-electron chi connectivity index (χ4n) is 0.631. The third kappa shape index (κ3) is 3.32. The van der Waals surface area contributed by atoms with Gasteiger partial charge in [0.25, 0.3) is 0 Å². The van der Waals surface area contributed by atoms with Gasteiger partial charge in [-0.3, -0.25) is 4.79 Å². The number of carbonyl (C=O) groups is 1. The van der Waals surface area contributed by atoms with Gasteiger partial charge in [-0.15, -0.1) is 12.4 Å². The molecule has 3 N–H and O–H groups in total. The van der Waals surface area contributed by atoms with Gasteiger partial charge in [-0.25, -0.2) is 4.98 Å². The number of rotatable bonds is 2. The van der Waals surface area contributed by atoms with E-state index in [4.69, 9.17) is 5.73 Å². The summed E-state index contributed by atoms with van der Waals surface area (Å²) in [7, 11) is 0. The molecule has 1 heterocycles. The highest BCUT2D eigenvalue weighted by Gasteiger charge is 1.96. The molecule has 5 heteroatoms. The molecule has 0 saturated carbocycles. The summed E-state index contributed by atoms with van der Waals surface area (Å²) in [5, 5.41) is 2.52. The lowest BCUT2D eigenvalue weighted by molar-refractivity contribution is -0.114. The average Bonchev–Trinajstić information content (AvgIpc) is 2.06. The van der Waals surface area contributed by atoms with Crippen molar-refractivity contribution in [2.45, 2.75) is 0 Å². The van der Waals surface area contributed by atoms with Crippen LogP contribution in [0.25, 0.3) is 0 Å². The molecule has 0 aliphatic rings. The summed E-state index contributed by atoms with van der Waals surface area (Å²) in [4.78, 5) is 14.6. The molecular weight excluding hydrogens is 178 g/mol. The van der Waals surface area contributed by atoms with Crippen LogP contribution in [-0.4, -0.2) is 17.4 Å². The van der Waals surface area contributed by atoms with Crippen molar-refractivity contribution < 1.29 is 4.79 Å². The minimum absolute atomic E-state index is 0. The fraction of sp³-hybridized carbons (Fsp3) is 0.143. The van der Waals surface area contributed by atoms with Crippen molar-refractivity contribution in [1.29, 1.82) is 0 Å². The lowest BCUT2D eigenvalue weighted by Crippen LogP contribution is -2.22. The molecule has 0 saturated heterocycles. The van der Waals surface area contributed by atoms with Crippen molar-refractivity contribution in [2.75, 3.05) is 11.9 Å². The SMILES string of the molecule is Cl.NCC(=O)Nc1ccccn1. The van der Waals surface area contributed by atoms with Gasteiger partial charge in [0.15, 0.2) is 0 Å². The fourth-order valence-corrected chi connectivity index (χ4v) is 0.631. The second-order valence-corrected chi connectivity index (χ2v) is 1.97. The molecule has 1 rings (SSSR count). The van der Waals surface area contributed by atoms with Crippen LogP contribution in [0.5, 0.6) is 0 Å². The first kappa shape index (κ1) is 10.9. The third-order valence-electron chi connectivity index (χ3n) is 1.12. The van der Waals surface area contributed by atoms with E-state index in [9.17, 15) is 4.79 Å². The van der Waals surface area contributed by atoms with Crippen molar-refractivity contribution in [3.8, 4) is 0 Å². The standard InChI is InChI=1S/C7H9N3O.ClH/c8-5-7(11)10-6-3-1-2-4-9-6;/h1-4H,5,8H2,(H,9,10,11);1H. The van der Waals surface area contributed by atoms with Crippen LogP contribution in [0.2, 0.25) is 0 Å². The molecule has 1 aromatic rings. The maximum Gasteiger partial charge on any atom is 0.239 e. The van der Waals surface area contributed by atoms with Gasteiger partial charge >= 0.3 is 0 Å². The predicted molar refractivity (Wildman–Crippen MR) is 49.2 cm³/mol.